The van der Waals surface area contributed by atoms with E-state index < -0.39 is 0 Å². The SMILES string of the molecule is CC(C)NC/C=C/C1CCC(C)O1. The molecule has 0 aromatic heterocycles. The summed E-state index contributed by atoms with van der Waals surface area (Å²) in [5, 5.41) is 3.34. The number of nitrogens with one attached hydrogen (secondary N) is 1. The maximum atomic E-state index is 5.65. The molecule has 1 heterocycles. The predicted molar refractivity (Wildman–Crippen MR) is 55.8 cm³/mol. The summed E-state index contributed by atoms with van der Waals surface area (Å²) in [5.74, 6) is 0. The number of rotatable bonds is 4. The Bertz CT molecular complexity index is 165. The lowest BCUT2D eigenvalue weighted by atomic mass is 10.2. The van der Waals surface area contributed by atoms with Gasteiger partial charge in [0.2, 0.25) is 0 Å². The van der Waals surface area contributed by atoms with Crippen molar-refractivity contribution in [1.82, 2.24) is 5.32 Å². The van der Waals surface area contributed by atoms with Crippen LogP contribution in [0.1, 0.15) is 33.6 Å². The topological polar surface area (TPSA) is 21.3 Å². The Morgan fingerprint density at radius 2 is 2.23 bits per heavy atom. The lowest BCUT2D eigenvalue weighted by Crippen LogP contribution is -2.22. The summed E-state index contributed by atoms with van der Waals surface area (Å²) in [4.78, 5) is 0. The van der Waals surface area contributed by atoms with Crippen molar-refractivity contribution < 1.29 is 4.74 Å². The maximum absolute atomic E-state index is 5.65. The van der Waals surface area contributed by atoms with Gasteiger partial charge in [-0.05, 0) is 19.8 Å². The van der Waals surface area contributed by atoms with Crippen LogP contribution in [0, 0.1) is 0 Å². The molecule has 0 spiro atoms. The lowest BCUT2D eigenvalue weighted by Gasteiger charge is -2.06. The molecular weight excluding hydrogens is 162 g/mol. The maximum Gasteiger partial charge on any atom is 0.0760 e. The molecule has 2 heteroatoms. The largest absolute Gasteiger partial charge is 0.371 e. The molecule has 0 bridgehead atoms. The first-order valence-corrected chi connectivity index (χ1v) is 5.24. The van der Waals surface area contributed by atoms with Crippen molar-refractivity contribution in [3.63, 3.8) is 0 Å². The third-order valence-electron chi connectivity index (χ3n) is 2.26. The van der Waals surface area contributed by atoms with Gasteiger partial charge in [0.1, 0.15) is 0 Å². The van der Waals surface area contributed by atoms with E-state index in [0.29, 0.717) is 18.2 Å². The third kappa shape index (κ3) is 4.44. The fraction of sp³-hybridized carbons (Fsp3) is 0.818. The highest BCUT2D eigenvalue weighted by molar-refractivity contribution is 4.94. The lowest BCUT2D eigenvalue weighted by molar-refractivity contribution is 0.0832. The molecule has 76 valence electrons. The van der Waals surface area contributed by atoms with Crippen molar-refractivity contribution in [3.8, 4) is 0 Å². The first-order valence-electron chi connectivity index (χ1n) is 5.24. The Morgan fingerprint density at radius 3 is 2.77 bits per heavy atom. The van der Waals surface area contributed by atoms with Crippen LogP contribution in [0.2, 0.25) is 0 Å². The van der Waals surface area contributed by atoms with Crippen LogP contribution in [0.25, 0.3) is 0 Å². The van der Waals surface area contributed by atoms with Gasteiger partial charge < -0.3 is 10.1 Å². The van der Waals surface area contributed by atoms with Gasteiger partial charge in [0.05, 0.1) is 12.2 Å². The molecule has 0 saturated carbocycles. The summed E-state index contributed by atoms with van der Waals surface area (Å²) in [7, 11) is 0. The Morgan fingerprint density at radius 1 is 1.46 bits per heavy atom. The van der Waals surface area contributed by atoms with Crippen molar-refractivity contribution in [2.75, 3.05) is 6.54 Å². The van der Waals surface area contributed by atoms with E-state index in [1.54, 1.807) is 0 Å². The minimum Gasteiger partial charge on any atom is -0.371 e. The van der Waals surface area contributed by atoms with Crippen molar-refractivity contribution in [3.05, 3.63) is 12.2 Å². The average molecular weight is 183 g/mol. The smallest absolute Gasteiger partial charge is 0.0760 e. The Hall–Kier alpha value is -0.340. The Balaban J connectivity index is 2.10. The van der Waals surface area contributed by atoms with E-state index in [9.17, 15) is 0 Å². The van der Waals surface area contributed by atoms with E-state index in [0.717, 1.165) is 6.54 Å². The van der Waals surface area contributed by atoms with E-state index in [1.807, 2.05) is 0 Å². The molecule has 1 saturated heterocycles. The van der Waals surface area contributed by atoms with E-state index >= 15 is 0 Å². The van der Waals surface area contributed by atoms with Gasteiger partial charge in [-0.25, -0.2) is 0 Å². The van der Waals surface area contributed by atoms with Crippen LogP contribution in [-0.4, -0.2) is 24.8 Å². The molecule has 0 aromatic rings. The molecule has 13 heavy (non-hydrogen) atoms. The van der Waals surface area contributed by atoms with Gasteiger partial charge in [0, 0.05) is 12.6 Å². The molecular formula is C11H21NO. The monoisotopic (exact) mass is 183 g/mol. The summed E-state index contributed by atoms with van der Waals surface area (Å²) in [5.41, 5.74) is 0. The number of hydrogen-bond donors (Lipinski definition) is 1. The number of ether oxygens (including phenoxy) is 1. The standard InChI is InChI=1S/C11H21NO/c1-9(2)12-8-4-5-11-7-6-10(3)13-11/h4-5,9-12H,6-8H2,1-3H3/b5-4+. The summed E-state index contributed by atoms with van der Waals surface area (Å²) in [6, 6.07) is 0.563. The zero-order chi connectivity index (χ0) is 9.68. The molecule has 1 aliphatic heterocycles. The summed E-state index contributed by atoms with van der Waals surface area (Å²) in [6.45, 7) is 7.40. The van der Waals surface area contributed by atoms with E-state index in [4.69, 9.17) is 4.74 Å². The molecule has 0 radical (unpaired) electrons. The van der Waals surface area contributed by atoms with E-state index in [-0.39, 0.29) is 0 Å². The van der Waals surface area contributed by atoms with Crippen LogP contribution in [-0.2, 0) is 4.74 Å². The van der Waals surface area contributed by atoms with Gasteiger partial charge in [-0.15, -0.1) is 0 Å². The summed E-state index contributed by atoms with van der Waals surface area (Å²) in [6.07, 6.45) is 7.55. The zero-order valence-electron chi connectivity index (χ0n) is 8.92. The van der Waals surface area contributed by atoms with Crippen LogP contribution in [0.5, 0.6) is 0 Å². The molecule has 1 aliphatic rings. The molecule has 0 amide bonds. The first kappa shape index (κ1) is 10.7. The minimum atomic E-state index is 0.365. The van der Waals surface area contributed by atoms with Gasteiger partial charge in [-0.3, -0.25) is 0 Å². The molecule has 2 nitrogen and oxygen atoms in total. The van der Waals surface area contributed by atoms with Crippen molar-refractivity contribution in [2.24, 2.45) is 0 Å². The van der Waals surface area contributed by atoms with Crippen LogP contribution in [0.15, 0.2) is 12.2 Å². The second-order valence-corrected chi connectivity index (χ2v) is 4.05. The van der Waals surface area contributed by atoms with E-state index in [1.165, 1.54) is 12.8 Å². The molecule has 0 aromatic carbocycles. The summed E-state index contributed by atoms with van der Waals surface area (Å²) >= 11 is 0. The van der Waals surface area contributed by atoms with Gasteiger partial charge >= 0.3 is 0 Å². The van der Waals surface area contributed by atoms with Crippen molar-refractivity contribution in [1.29, 1.82) is 0 Å². The molecule has 1 fully saturated rings. The molecule has 2 atom stereocenters. The van der Waals surface area contributed by atoms with Crippen LogP contribution in [0.3, 0.4) is 0 Å². The van der Waals surface area contributed by atoms with Crippen LogP contribution in [0.4, 0.5) is 0 Å². The zero-order valence-corrected chi connectivity index (χ0v) is 8.92. The highest BCUT2D eigenvalue weighted by Crippen LogP contribution is 2.19. The first-order chi connectivity index (χ1) is 6.18. The van der Waals surface area contributed by atoms with Crippen molar-refractivity contribution >= 4 is 0 Å². The average Bonchev–Trinajstić information content (AvgIpc) is 2.45. The second kappa shape index (κ2) is 5.40. The normalized spacial score (nSPS) is 29.2. The molecule has 1 rings (SSSR count). The van der Waals surface area contributed by atoms with E-state index in [2.05, 4.69) is 38.2 Å². The van der Waals surface area contributed by atoms with Gasteiger partial charge in [0.15, 0.2) is 0 Å². The molecule has 2 unspecified atom stereocenters. The fourth-order valence-electron chi connectivity index (χ4n) is 1.50. The molecule has 1 N–H and O–H groups in total. The van der Waals surface area contributed by atoms with Crippen molar-refractivity contribution in [2.45, 2.75) is 51.9 Å². The third-order valence-corrected chi connectivity index (χ3v) is 2.26. The molecule has 0 aliphatic carbocycles. The van der Waals surface area contributed by atoms with Crippen LogP contribution < -0.4 is 5.32 Å². The quantitative estimate of drug-likeness (QED) is 0.674. The highest BCUT2D eigenvalue weighted by Gasteiger charge is 2.18. The highest BCUT2D eigenvalue weighted by atomic mass is 16.5. The second-order valence-electron chi connectivity index (χ2n) is 4.05. The minimum absolute atomic E-state index is 0.365. The van der Waals surface area contributed by atoms with Gasteiger partial charge in [-0.2, -0.15) is 0 Å². The Kier molecular flexibility index (Phi) is 4.46. The van der Waals surface area contributed by atoms with Gasteiger partial charge in [-0.1, -0.05) is 26.0 Å². The van der Waals surface area contributed by atoms with Gasteiger partial charge in [0.25, 0.3) is 0 Å². The fourth-order valence-corrected chi connectivity index (χ4v) is 1.50. The Labute approximate surface area is 81.4 Å². The predicted octanol–water partition coefficient (Wildman–Crippen LogP) is 2.11. The summed E-state index contributed by atoms with van der Waals surface area (Å²) < 4.78 is 5.65. The van der Waals surface area contributed by atoms with Crippen LogP contribution >= 0.6 is 0 Å². The number of hydrogen-bond acceptors (Lipinski definition) is 2.